The van der Waals surface area contributed by atoms with Crippen molar-refractivity contribution in [3.63, 3.8) is 0 Å². The number of nitrogens with zero attached hydrogens (tertiary/aromatic N) is 2. The molecule has 134 valence electrons. The van der Waals surface area contributed by atoms with Gasteiger partial charge in [0.25, 0.3) is 0 Å². The molecule has 0 radical (unpaired) electrons. The molecule has 5 nitrogen and oxygen atoms in total. The summed E-state index contributed by atoms with van der Waals surface area (Å²) in [4.78, 5) is 16.4. The minimum atomic E-state index is -0.277. The van der Waals surface area contributed by atoms with Crippen molar-refractivity contribution in [3.8, 4) is 0 Å². The lowest BCUT2D eigenvalue weighted by atomic mass is 10.2. The van der Waals surface area contributed by atoms with Crippen LogP contribution in [0.4, 0.5) is 9.18 Å². The van der Waals surface area contributed by atoms with Gasteiger partial charge in [0.15, 0.2) is 0 Å². The average molecular weight is 344 g/mol. The molecule has 2 aromatic rings. The van der Waals surface area contributed by atoms with E-state index in [0.717, 1.165) is 11.4 Å². The molecule has 6 heteroatoms. The van der Waals surface area contributed by atoms with Gasteiger partial charge in [-0.2, -0.15) is 0 Å². The highest BCUT2D eigenvalue weighted by Gasteiger charge is 2.21. The SMILES string of the molecule is Cc1cnc(CCNC(=O)NCc2ccc(F)cc2)n1C1CCCC1. The lowest BCUT2D eigenvalue weighted by Gasteiger charge is -2.17. The number of hydrogen-bond donors (Lipinski definition) is 2. The Balaban J connectivity index is 1.45. The molecule has 25 heavy (non-hydrogen) atoms. The lowest BCUT2D eigenvalue weighted by molar-refractivity contribution is 0.240. The van der Waals surface area contributed by atoms with E-state index in [-0.39, 0.29) is 11.8 Å². The summed E-state index contributed by atoms with van der Waals surface area (Å²) in [5, 5.41) is 5.64. The van der Waals surface area contributed by atoms with E-state index in [9.17, 15) is 9.18 Å². The predicted molar refractivity (Wildman–Crippen MR) is 94.8 cm³/mol. The van der Waals surface area contributed by atoms with Crippen LogP contribution in [0.15, 0.2) is 30.5 Å². The molecule has 1 aromatic heterocycles. The Morgan fingerprint density at radius 2 is 1.96 bits per heavy atom. The van der Waals surface area contributed by atoms with Gasteiger partial charge in [0.2, 0.25) is 0 Å². The summed E-state index contributed by atoms with van der Waals surface area (Å²) in [7, 11) is 0. The quantitative estimate of drug-likeness (QED) is 0.843. The highest BCUT2D eigenvalue weighted by atomic mass is 19.1. The molecule has 1 aromatic carbocycles. The molecule has 2 amide bonds. The standard InChI is InChI=1S/C19H25FN4O/c1-14-12-22-18(24(14)17-4-2-3-5-17)10-11-21-19(25)23-13-15-6-8-16(20)9-7-15/h6-9,12,17H,2-5,10-11,13H2,1H3,(H2,21,23,25). The second-order valence-electron chi connectivity index (χ2n) is 6.61. The zero-order valence-corrected chi connectivity index (χ0v) is 14.6. The summed E-state index contributed by atoms with van der Waals surface area (Å²) < 4.78 is 15.2. The maximum atomic E-state index is 12.9. The number of aromatic nitrogens is 2. The topological polar surface area (TPSA) is 59.0 Å². The third-order valence-electron chi connectivity index (χ3n) is 4.75. The van der Waals surface area contributed by atoms with Crippen LogP contribution in [0.5, 0.6) is 0 Å². The summed E-state index contributed by atoms with van der Waals surface area (Å²) >= 11 is 0. The number of amides is 2. The first-order valence-corrected chi connectivity index (χ1v) is 8.92. The molecule has 1 aliphatic carbocycles. The van der Waals surface area contributed by atoms with E-state index in [0.29, 0.717) is 25.6 Å². The third-order valence-corrected chi connectivity index (χ3v) is 4.75. The van der Waals surface area contributed by atoms with E-state index in [4.69, 9.17) is 0 Å². The first-order chi connectivity index (χ1) is 12.1. The smallest absolute Gasteiger partial charge is 0.315 e. The molecule has 2 N–H and O–H groups in total. The Morgan fingerprint density at radius 1 is 1.24 bits per heavy atom. The highest BCUT2D eigenvalue weighted by Crippen LogP contribution is 2.31. The van der Waals surface area contributed by atoms with E-state index >= 15 is 0 Å². The van der Waals surface area contributed by atoms with Crippen LogP contribution in [-0.2, 0) is 13.0 Å². The average Bonchev–Trinajstić information content (AvgIpc) is 3.24. The summed E-state index contributed by atoms with van der Waals surface area (Å²) in [5.74, 6) is 0.768. The molecule has 3 rings (SSSR count). The monoisotopic (exact) mass is 344 g/mol. The second-order valence-corrected chi connectivity index (χ2v) is 6.61. The number of aryl methyl sites for hydroxylation is 1. The Morgan fingerprint density at radius 3 is 2.68 bits per heavy atom. The van der Waals surface area contributed by atoms with Gasteiger partial charge in [0.1, 0.15) is 11.6 Å². The normalized spacial score (nSPS) is 14.6. The Bertz CT molecular complexity index is 705. The Kier molecular flexibility index (Phi) is 5.68. The van der Waals surface area contributed by atoms with Gasteiger partial charge < -0.3 is 15.2 Å². The van der Waals surface area contributed by atoms with Gasteiger partial charge in [-0.1, -0.05) is 25.0 Å². The van der Waals surface area contributed by atoms with Gasteiger partial charge in [0.05, 0.1) is 0 Å². The van der Waals surface area contributed by atoms with Crippen molar-refractivity contribution in [2.45, 2.75) is 51.6 Å². The first kappa shape index (κ1) is 17.5. The van der Waals surface area contributed by atoms with E-state index in [1.807, 2.05) is 6.20 Å². The number of urea groups is 1. The van der Waals surface area contributed by atoms with Crippen molar-refractivity contribution < 1.29 is 9.18 Å². The van der Waals surface area contributed by atoms with Crippen molar-refractivity contribution in [1.29, 1.82) is 0 Å². The zero-order valence-electron chi connectivity index (χ0n) is 14.6. The maximum absolute atomic E-state index is 12.9. The first-order valence-electron chi connectivity index (χ1n) is 8.92. The predicted octanol–water partition coefficient (Wildman–Crippen LogP) is 3.49. The zero-order chi connectivity index (χ0) is 17.6. The van der Waals surface area contributed by atoms with Crippen LogP contribution < -0.4 is 10.6 Å². The fourth-order valence-corrected chi connectivity index (χ4v) is 3.48. The summed E-state index contributed by atoms with van der Waals surface area (Å²) in [6, 6.07) is 6.44. The minimum absolute atomic E-state index is 0.222. The van der Waals surface area contributed by atoms with Gasteiger partial charge in [-0.15, -0.1) is 0 Å². The van der Waals surface area contributed by atoms with Crippen molar-refractivity contribution in [2.24, 2.45) is 0 Å². The van der Waals surface area contributed by atoms with Crippen LogP contribution in [0.3, 0.4) is 0 Å². The maximum Gasteiger partial charge on any atom is 0.315 e. The van der Waals surface area contributed by atoms with E-state index < -0.39 is 0 Å². The van der Waals surface area contributed by atoms with Gasteiger partial charge in [0, 0.05) is 37.4 Å². The van der Waals surface area contributed by atoms with E-state index in [1.54, 1.807) is 12.1 Å². The van der Waals surface area contributed by atoms with Crippen LogP contribution in [0, 0.1) is 12.7 Å². The number of carbonyl (C=O) groups is 1. The van der Waals surface area contributed by atoms with Crippen LogP contribution in [0.25, 0.3) is 0 Å². The third kappa shape index (κ3) is 4.59. The molecule has 0 spiro atoms. The Hall–Kier alpha value is -2.37. The van der Waals surface area contributed by atoms with Crippen molar-refractivity contribution in [1.82, 2.24) is 20.2 Å². The van der Waals surface area contributed by atoms with Crippen molar-refractivity contribution in [3.05, 3.63) is 53.4 Å². The summed E-state index contributed by atoms with van der Waals surface area (Å²) in [6.07, 6.45) is 7.64. The lowest BCUT2D eigenvalue weighted by Crippen LogP contribution is -2.36. The molecule has 1 heterocycles. The molecule has 0 atom stereocenters. The fourth-order valence-electron chi connectivity index (χ4n) is 3.48. The largest absolute Gasteiger partial charge is 0.338 e. The van der Waals surface area contributed by atoms with Gasteiger partial charge in [-0.05, 0) is 37.5 Å². The number of benzene rings is 1. The second kappa shape index (κ2) is 8.14. The number of rotatable bonds is 6. The molecular weight excluding hydrogens is 319 g/mol. The van der Waals surface area contributed by atoms with Crippen LogP contribution in [-0.4, -0.2) is 22.1 Å². The number of nitrogens with one attached hydrogen (secondary N) is 2. The van der Waals surface area contributed by atoms with Crippen LogP contribution in [0.2, 0.25) is 0 Å². The molecule has 0 saturated heterocycles. The molecular formula is C19H25FN4O. The molecule has 0 bridgehead atoms. The molecule has 1 fully saturated rings. The van der Waals surface area contributed by atoms with Crippen molar-refractivity contribution in [2.75, 3.05) is 6.54 Å². The van der Waals surface area contributed by atoms with Crippen molar-refractivity contribution >= 4 is 6.03 Å². The van der Waals surface area contributed by atoms with Gasteiger partial charge in [-0.25, -0.2) is 14.2 Å². The van der Waals surface area contributed by atoms with Crippen LogP contribution in [0.1, 0.15) is 48.8 Å². The number of carbonyl (C=O) groups excluding carboxylic acids is 1. The number of imidazole rings is 1. The Labute approximate surface area is 147 Å². The van der Waals surface area contributed by atoms with Crippen LogP contribution >= 0.6 is 0 Å². The molecule has 0 unspecified atom stereocenters. The minimum Gasteiger partial charge on any atom is -0.338 e. The fraction of sp³-hybridized carbons (Fsp3) is 0.474. The van der Waals surface area contributed by atoms with E-state index in [2.05, 4.69) is 27.1 Å². The van der Waals surface area contributed by atoms with Gasteiger partial charge in [-0.3, -0.25) is 0 Å². The molecule has 1 saturated carbocycles. The highest BCUT2D eigenvalue weighted by molar-refractivity contribution is 5.73. The van der Waals surface area contributed by atoms with Gasteiger partial charge >= 0.3 is 6.03 Å². The summed E-state index contributed by atoms with van der Waals surface area (Å²) in [5.41, 5.74) is 2.06. The molecule has 0 aliphatic heterocycles. The number of halogens is 1. The summed E-state index contributed by atoms with van der Waals surface area (Å²) in [6.45, 7) is 3.01. The molecule has 1 aliphatic rings. The number of hydrogen-bond acceptors (Lipinski definition) is 2. The van der Waals surface area contributed by atoms with E-state index in [1.165, 1.54) is 43.5 Å².